The number of aliphatic hydroxyl groups is 1. The van der Waals surface area contributed by atoms with Crippen LogP contribution in [-0.4, -0.2) is 45.2 Å². The molecule has 8 nitrogen and oxygen atoms in total. The minimum atomic E-state index is -1.46. The Labute approximate surface area is 226 Å². The summed E-state index contributed by atoms with van der Waals surface area (Å²) in [6.45, 7) is 4.19. The molecular weight excluding hydrogens is 508 g/mol. The number of primary amides is 1. The van der Waals surface area contributed by atoms with Crippen LogP contribution in [-0.2, 0) is 10.5 Å². The third kappa shape index (κ3) is 6.66. The first-order valence-electron chi connectivity index (χ1n) is 12.9. The van der Waals surface area contributed by atoms with Crippen LogP contribution in [0.2, 0.25) is 0 Å². The summed E-state index contributed by atoms with van der Waals surface area (Å²) >= 11 is 3.00. The number of nitrogens with two attached hydrogens (primary N) is 1. The summed E-state index contributed by atoms with van der Waals surface area (Å²) in [5.74, 6) is 0.450. The number of hydrazone groups is 1. The Bertz CT molecular complexity index is 1080. The average molecular weight is 545 g/mol. The molecular formula is C27H36N4O4S2. The van der Waals surface area contributed by atoms with E-state index < -0.39 is 17.9 Å². The maximum Gasteiger partial charge on any atom is 0.338 e. The topological polar surface area (TPSA) is 117 Å². The van der Waals surface area contributed by atoms with Crippen molar-refractivity contribution in [3.8, 4) is 0 Å². The van der Waals surface area contributed by atoms with Gasteiger partial charge in [-0.05, 0) is 55.2 Å². The monoisotopic (exact) mass is 544 g/mol. The van der Waals surface area contributed by atoms with Crippen LogP contribution >= 0.6 is 23.1 Å². The second kappa shape index (κ2) is 12.3. The molecule has 10 heteroatoms. The van der Waals surface area contributed by atoms with Crippen LogP contribution in [0.3, 0.4) is 0 Å². The standard InChI is InChI=1S/C27H36N4O4S2/c1-18(2)14-15-27(34,21-12-6-7-13-22(21)29-23(32)19-9-4-3-5-10-19)24-31(25(28)33)30-26(35-24)37-17-20-11-8-16-36-20/h3-5,8-11,16,18,21-22,24,34H,6-7,12-15,17H2,1-2H3,(H2,28,33)(H,29,32)/t21-,22+,24?,27?/m1/s1. The molecule has 2 unspecified atom stereocenters. The van der Waals surface area contributed by atoms with Gasteiger partial charge in [-0.25, -0.2) is 4.79 Å². The van der Waals surface area contributed by atoms with E-state index >= 15 is 0 Å². The van der Waals surface area contributed by atoms with Crippen molar-refractivity contribution in [2.75, 3.05) is 0 Å². The van der Waals surface area contributed by atoms with Gasteiger partial charge < -0.3 is 20.9 Å². The summed E-state index contributed by atoms with van der Waals surface area (Å²) in [5, 5.41) is 23.4. The zero-order valence-corrected chi connectivity index (χ0v) is 23.0. The smallest absolute Gasteiger partial charge is 0.338 e. The van der Waals surface area contributed by atoms with Gasteiger partial charge in [-0.1, -0.05) is 62.7 Å². The van der Waals surface area contributed by atoms with Gasteiger partial charge in [0.2, 0.25) is 6.23 Å². The number of nitrogens with one attached hydrogen (secondary N) is 1. The summed E-state index contributed by atoms with van der Waals surface area (Å²) < 4.78 is 6.20. The minimum Gasteiger partial charge on any atom is -0.442 e. The molecule has 4 rings (SSSR count). The normalized spacial score (nSPS) is 23.3. The second-order valence-corrected chi connectivity index (χ2v) is 12.1. The molecule has 1 aliphatic carbocycles. The van der Waals surface area contributed by atoms with Crippen molar-refractivity contribution >= 4 is 40.3 Å². The number of ether oxygens (including phenoxy) is 1. The van der Waals surface area contributed by atoms with Crippen LogP contribution in [0.25, 0.3) is 0 Å². The zero-order chi connectivity index (χ0) is 26.4. The molecule has 1 aromatic carbocycles. The van der Waals surface area contributed by atoms with E-state index in [1.54, 1.807) is 23.5 Å². The van der Waals surface area contributed by atoms with Crippen molar-refractivity contribution in [1.82, 2.24) is 10.3 Å². The summed E-state index contributed by atoms with van der Waals surface area (Å²) in [7, 11) is 0. The SMILES string of the molecule is CC(C)CCC(O)(C1OC(SCc2cccs2)=NN1C(N)=O)[C@@H]1CCCC[C@@H]1NC(=O)c1ccccc1. The van der Waals surface area contributed by atoms with E-state index in [9.17, 15) is 14.7 Å². The van der Waals surface area contributed by atoms with Gasteiger partial charge in [-0.3, -0.25) is 4.79 Å². The lowest BCUT2D eigenvalue weighted by molar-refractivity contribution is -0.160. The van der Waals surface area contributed by atoms with Gasteiger partial charge in [-0.15, -0.1) is 16.4 Å². The highest BCUT2D eigenvalue weighted by atomic mass is 32.2. The lowest BCUT2D eigenvalue weighted by Gasteiger charge is -2.46. The molecule has 0 bridgehead atoms. The molecule has 200 valence electrons. The van der Waals surface area contributed by atoms with Crippen molar-refractivity contribution in [3.63, 3.8) is 0 Å². The predicted octanol–water partition coefficient (Wildman–Crippen LogP) is 5.15. The molecule has 4 atom stereocenters. The average Bonchev–Trinajstić information content (AvgIpc) is 3.57. The number of rotatable bonds is 9. The minimum absolute atomic E-state index is 0.175. The first-order valence-corrected chi connectivity index (χ1v) is 14.7. The highest BCUT2D eigenvalue weighted by Gasteiger charge is 2.55. The predicted molar refractivity (Wildman–Crippen MR) is 148 cm³/mol. The number of carbonyl (C=O) groups is 2. The first-order chi connectivity index (χ1) is 17.8. The Morgan fingerprint density at radius 2 is 2.00 bits per heavy atom. The number of nitrogens with zero attached hydrogens (tertiary/aromatic N) is 2. The summed E-state index contributed by atoms with van der Waals surface area (Å²) in [5.41, 5.74) is 4.84. The fourth-order valence-corrected chi connectivity index (χ4v) is 6.74. The summed E-state index contributed by atoms with van der Waals surface area (Å²) in [6.07, 6.45) is 3.33. The highest BCUT2D eigenvalue weighted by Crippen LogP contribution is 2.43. The van der Waals surface area contributed by atoms with Gasteiger partial charge >= 0.3 is 6.03 Å². The van der Waals surface area contributed by atoms with Crippen LogP contribution < -0.4 is 11.1 Å². The lowest BCUT2D eigenvalue weighted by Crippen LogP contribution is -2.62. The number of benzene rings is 1. The van der Waals surface area contributed by atoms with Gasteiger partial charge in [0.05, 0.1) is 0 Å². The molecule has 1 saturated carbocycles. The number of hydrogen-bond acceptors (Lipinski definition) is 7. The Balaban J connectivity index is 1.59. The first kappa shape index (κ1) is 27.5. The molecule has 37 heavy (non-hydrogen) atoms. The van der Waals surface area contributed by atoms with Crippen molar-refractivity contribution in [2.45, 2.75) is 76.0 Å². The van der Waals surface area contributed by atoms with Crippen LogP contribution in [0, 0.1) is 11.8 Å². The van der Waals surface area contributed by atoms with Crippen LogP contribution in [0.15, 0.2) is 52.9 Å². The van der Waals surface area contributed by atoms with E-state index in [4.69, 9.17) is 10.5 Å². The number of urea groups is 1. The molecule has 2 aromatic rings. The second-order valence-electron chi connectivity index (χ2n) is 10.1. The number of hydrogen-bond donors (Lipinski definition) is 3. The van der Waals surface area contributed by atoms with Crippen molar-refractivity contribution < 1.29 is 19.4 Å². The Morgan fingerprint density at radius 1 is 1.24 bits per heavy atom. The van der Waals surface area contributed by atoms with E-state index in [1.807, 2.05) is 35.7 Å². The lowest BCUT2D eigenvalue weighted by atomic mass is 9.70. The van der Waals surface area contributed by atoms with E-state index in [-0.39, 0.29) is 17.9 Å². The van der Waals surface area contributed by atoms with Crippen molar-refractivity contribution in [2.24, 2.45) is 22.7 Å². The quantitative estimate of drug-likeness (QED) is 0.404. The number of carbonyl (C=O) groups excluding carboxylic acids is 2. The Kier molecular flexibility index (Phi) is 9.15. The number of thiophene rings is 1. The molecule has 0 radical (unpaired) electrons. The van der Waals surface area contributed by atoms with Gasteiger partial charge in [0.15, 0.2) is 0 Å². The third-order valence-corrected chi connectivity index (χ3v) is 9.02. The molecule has 1 aromatic heterocycles. The molecule has 1 aliphatic heterocycles. The summed E-state index contributed by atoms with van der Waals surface area (Å²) in [4.78, 5) is 26.7. The number of thioether (sulfide) groups is 1. The number of amides is 3. The van der Waals surface area contributed by atoms with Gasteiger partial charge in [-0.2, -0.15) is 5.01 Å². The van der Waals surface area contributed by atoms with E-state index in [0.29, 0.717) is 35.3 Å². The van der Waals surface area contributed by atoms with Crippen LogP contribution in [0.5, 0.6) is 0 Å². The highest BCUT2D eigenvalue weighted by molar-refractivity contribution is 8.12. The molecule has 1 fully saturated rings. The zero-order valence-electron chi connectivity index (χ0n) is 21.3. The summed E-state index contributed by atoms with van der Waals surface area (Å²) in [6, 6.07) is 12.0. The van der Waals surface area contributed by atoms with E-state index in [0.717, 1.165) is 35.6 Å². The maximum atomic E-state index is 13.1. The van der Waals surface area contributed by atoms with Gasteiger partial charge in [0.25, 0.3) is 11.1 Å². The van der Waals surface area contributed by atoms with Gasteiger partial charge in [0, 0.05) is 28.2 Å². The van der Waals surface area contributed by atoms with E-state index in [2.05, 4.69) is 24.3 Å². The molecule has 0 spiro atoms. The molecule has 2 heterocycles. The Morgan fingerprint density at radius 3 is 2.68 bits per heavy atom. The van der Waals surface area contributed by atoms with Crippen LogP contribution in [0.1, 0.15) is 67.6 Å². The fourth-order valence-electron chi connectivity index (χ4n) is 5.13. The molecule has 2 aliphatic rings. The van der Waals surface area contributed by atoms with E-state index in [1.165, 1.54) is 11.8 Å². The largest absolute Gasteiger partial charge is 0.442 e. The van der Waals surface area contributed by atoms with Crippen LogP contribution in [0.4, 0.5) is 4.79 Å². The van der Waals surface area contributed by atoms with Crippen molar-refractivity contribution in [3.05, 3.63) is 58.3 Å². The third-order valence-electron chi connectivity index (χ3n) is 7.08. The molecule has 3 amide bonds. The maximum absolute atomic E-state index is 13.1. The fraction of sp³-hybridized carbons (Fsp3) is 0.519. The van der Waals surface area contributed by atoms with Crippen molar-refractivity contribution in [1.29, 1.82) is 0 Å². The molecule has 4 N–H and O–H groups in total. The van der Waals surface area contributed by atoms with Gasteiger partial charge in [0.1, 0.15) is 5.60 Å². The molecule has 0 saturated heterocycles. The Hall–Kier alpha value is -2.56.